The highest BCUT2D eigenvalue weighted by molar-refractivity contribution is 6.35. The lowest BCUT2D eigenvalue weighted by molar-refractivity contribution is -0.142. The number of anilines is 1. The molecule has 3 aliphatic rings. The molecule has 2 saturated heterocycles. The molecule has 1 aromatic rings. The molecular weight excluding hydrogens is 366 g/mol. The van der Waals surface area contributed by atoms with E-state index in [1.807, 2.05) is 0 Å². The fourth-order valence-electron chi connectivity index (χ4n) is 4.87. The van der Waals surface area contributed by atoms with E-state index in [0.29, 0.717) is 28.6 Å². The summed E-state index contributed by atoms with van der Waals surface area (Å²) in [5, 5.41) is 6.64. The summed E-state index contributed by atoms with van der Waals surface area (Å²) in [6.07, 6.45) is 2.22. The molecule has 3 aliphatic heterocycles. The molecule has 6 nitrogen and oxygen atoms in total. The Morgan fingerprint density at radius 2 is 2.04 bits per heavy atom. The van der Waals surface area contributed by atoms with Gasteiger partial charge in [-0.05, 0) is 18.4 Å². The Balaban J connectivity index is 1.89. The average Bonchev–Trinajstić information content (AvgIpc) is 3.17. The van der Waals surface area contributed by atoms with Gasteiger partial charge in [0.15, 0.2) is 0 Å². The summed E-state index contributed by atoms with van der Waals surface area (Å²) >= 11 is 6.29. The number of nitrogens with zero attached hydrogens (tertiary/aromatic N) is 1. The molecule has 0 unspecified atom stereocenters. The summed E-state index contributed by atoms with van der Waals surface area (Å²) in [6.45, 7) is 7.92. The quantitative estimate of drug-likeness (QED) is 0.613. The Kier molecular flexibility index (Phi) is 4.16. The molecule has 7 heteroatoms. The van der Waals surface area contributed by atoms with Gasteiger partial charge in [-0.25, -0.2) is 0 Å². The normalized spacial score (nSPS) is 31.6. The van der Waals surface area contributed by atoms with E-state index >= 15 is 0 Å². The van der Waals surface area contributed by atoms with Crippen molar-refractivity contribution in [3.63, 3.8) is 0 Å². The van der Waals surface area contributed by atoms with E-state index in [2.05, 4.69) is 31.1 Å². The SMILES string of the molecule is C=CCN1C(=O)[C@H]2[C@H](CC(C)C)N[C@@]3(C(=O)Nc4c(Cl)cccc43)[C@H]2C1=O. The Morgan fingerprint density at radius 3 is 2.70 bits per heavy atom. The number of hydrogen-bond donors (Lipinski definition) is 2. The first-order valence-corrected chi connectivity index (χ1v) is 9.55. The lowest BCUT2D eigenvalue weighted by atomic mass is 9.76. The third-order valence-corrected chi connectivity index (χ3v) is 6.14. The number of likely N-dealkylation sites (tertiary alicyclic amines) is 1. The third-order valence-electron chi connectivity index (χ3n) is 5.83. The zero-order chi connectivity index (χ0) is 19.5. The number of amides is 3. The molecule has 0 aromatic heterocycles. The van der Waals surface area contributed by atoms with Crippen LogP contribution < -0.4 is 10.6 Å². The van der Waals surface area contributed by atoms with Crippen molar-refractivity contribution >= 4 is 35.0 Å². The minimum atomic E-state index is -1.27. The van der Waals surface area contributed by atoms with Gasteiger partial charge in [-0.2, -0.15) is 0 Å². The molecule has 142 valence electrons. The Hall–Kier alpha value is -2.18. The van der Waals surface area contributed by atoms with Crippen LogP contribution in [-0.4, -0.2) is 35.2 Å². The minimum Gasteiger partial charge on any atom is -0.323 e. The second-order valence-electron chi connectivity index (χ2n) is 7.88. The van der Waals surface area contributed by atoms with Gasteiger partial charge in [0, 0.05) is 18.2 Å². The predicted molar refractivity (Wildman–Crippen MR) is 102 cm³/mol. The monoisotopic (exact) mass is 387 g/mol. The summed E-state index contributed by atoms with van der Waals surface area (Å²) in [4.78, 5) is 40.7. The van der Waals surface area contributed by atoms with E-state index in [1.165, 1.54) is 11.0 Å². The third kappa shape index (κ3) is 2.33. The number of benzene rings is 1. The molecular formula is C20H22ClN3O3. The maximum Gasteiger partial charge on any atom is 0.250 e. The molecule has 4 atom stereocenters. The molecule has 27 heavy (non-hydrogen) atoms. The first-order chi connectivity index (χ1) is 12.8. The van der Waals surface area contributed by atoms with E-state index in [-0.39, 0.29) is 30.3 Å². The first kappa shape index (κ1) is 18.2. The number of hydrogen-bond acceptors (Lipinski definition) is 4. The fourth-order valence-corrected chi connectivity index (χ4v) is 5.09. The molecule has 3 amide bonds. The zero-order valence-electron chi connectivity index (χ0n) is 15.3. The van der Waals surface area contributed by atoms with Crippen molar-refractivity contribution in [3.05, 3.63) is 41.4 Å². The standard InChI is InChI=1S/C20H22ClN3O3/c1-4-8-24-17(25)14-13(9-10(2)3)23-20(15(14)18(24)26)11-6-5-7-12(21)16(11)22-19(20)27/h4-7,10,13-15,23H,1,8-9H2,2-3H3,(H,22,27)/t13-,14-,15+,20+/m0/s1. The average molecular weight is 388 g/mol. The number of fused-ring (bicyclic) bond motifs is 4. The van der Waals surface area contributed by atoms with E-state index < -0.39 is 17.4 Å². The molecule has 0 radical (unpaired) electrons. The zero-order valence-corrected chi connectivity index (χ0v) is 16.0. The number of nitrogens with one attached hydrogen (secondary N) is 2. The second-order valence-corrected chi connectivity index (χ2v) is 8.29. The number of carbonyl (C=O) groups excluding carboxylic acids is 3. The van der Waals surface area contributed by atoms with Gasteiger partial charge in [0.1, 0.15) is 5.54 Å². The van der Waals surface area contributed by atoms with E-state index in [4.69, 9.17) is 11.6 Å². The van der Waals surface area contributed by atoms with Crippen LogP contribution in [0.4, 0.5) is 5.69 Å². The first-order valence-electron chi connectivity index (χ1n) is 9.17. The maximum atomic E-state index is 13.2. The molecule has 1 aromatic carbocycles. The van der Waals surface area contributed by atoms with Gasteiger partial charge >= 0.3 is 0 Å². The molecule has 1 spiro atoms. The molecule has 2 fully saturated rings. The number of imide groups is 1. The number of rotatable bonds is 4. The van der Waals surface area contributed by atoms with Crippen LogP contribution in [-0.2, 0) is 19.9 Å². The Bertz CT molecular complexity index is 868. The molecule has 3 heterocycles. The highest BCUT2D eigenvalue weighted by Crippen LogP contribution is 2.54. The van der Waals surface area contributed by atoms with E-state index in [0.717, 1.165) is 0 Å². The van der Waals surface area contributed by atoms with Crippen molar-refractivity contribution in [3.8, 4) is 0 Å². The number of carbonyl (C=O) groups is 3. The van der Waals surface area contributed by atoms with Crippen molar-refractivity contribution in [2.24, 2.45) is 17.8 Å². The van der Waals surface area contributed by atoms with Crippen LogP contribution in [0.2, 0.25) is 5.02 Å². The van der Waals surface area contributed by atoms with Crippen molar-refractivity contribution in [2.75, 3.05) is 11.9 Å². The van der Waals surface area contributed by atoms with Gasteiger partial charge in [-0.3, -0.25) is 24.6 Å². The van der Waals surface area contributed by atoms with Crippen molar-refractivity contribution in [2.45, 2.75) is 31.8 Å². The van der Waals surface area contributed by atoms with Crippen LogP contribution >= 0.6 is 11.6 Å². The van der Waals surface area contributed by atoms with Crippen LogP contribution in [0.5, 0.6) is 0 Å². The molecule has 0 saturated carbocycles. The van der Waals surface area contributed by atoms with Gasteiger partial charge in [-0.15, -0.1) is 6.58 Å². The summed E-state index contributed by atoms with van der Waals surface area (Å²) in [5.74, 6) is -1.94. The summed E-state index contributed by atoms with van der Waals surface area (Å²) in [7, 11) is 0. The minimum absolute atomic E-state index is 0.152. The molecule has 2 N–H and O–H groups in total. The highest BCUT2D eigenvalue weighted by atomic mass is 35.5. The fraction of sp³-hybridized carbons (Fsp3) is 0.450. The topological polar surface area (TPSA) is 78.5 Å². The van der Waals surface area contributed by atoms with Crippen LogP contribution in [0.15, 0.2) is 30.9 Å². The van der Waals surface area contributed by atoms with Crippen LogP contribution in [0.25, 0.3) is 0 Å². The Morgan fingerprint density at radius 1 is 1.30 bits per heavy atom. The van der Waals surface area contributed by atoms with Crippen molar-refractivity contribution in [1.82, 2.24) is 10.2 Å². The highest BCUT2D eigenvalue weighted by Gasteiger charge is 2.70. The lowest BCUT2D eigenvalue weighted by Gasteiger charge is -2.29. The lowest BCUT2D eigenvalue weighted by Crippen LogP contribution is -2.53. The predicted octanol–water partition coefficient (Wildman–Crippen LogP) is 2.29. The van der Waals surface area contributed by atoms with E-state index in [9.17, 15) is 14.4 Å². The van der Waals surface area contributed by atoms with Crippen LogP contribution in [0.3, 0.4) is 0 Å². The maximum absolute atomic E-state index is 13.2. The van der Waals surface area contributed by atoms with Gasteiger partial charge in [0.25, 0.3) is 0 Å². The summed E-state index contributed by atoms with van der Waals surface area (Å²) < 4.78 is 0. The van der Waals surface area contributed by atoms with Crippen molar-refractivity contribution < 1.29 is 14.4 Å². The number of halogens is 1. The summed E-state index contributed by atoms with van der Waals surface area (Å²) in [6, 6.07) is 4.99. The smallest absolute Gasteiger partial charge is 0.250 e. The van der Waals surface area contributed by atoms with Gasteiger partial charge in [0.2, 0.25) is 17.7 Å². The molecule has 0 aliphatic carbocycles. The van der Waals surface area contributed by atoms with Crippen molar-refractivity contribution in [1.29, 1.82) is 0 Å². The number of para-hydroxylation sites is 1. The van der Waals surface area contributed by atoms with Crippen LogP contribution in [0, 0.1) is 17.8 Å². The largest absolute Gasteiger partial charge is 0.323 e. The molecule has 4 rings (SSSR count). The van der Waals surface area contributed by atoms with Crippen LogP contribution in [0.1, 0.15) is 25.8 Å². The Labute approximate surface area is 162 Å². The second kappa shape index (κ2) is 6.17. The van der Waals surface area contributed by atoms with Gasteiger partial charge in [0.05, 0.1) is 22.5 Å². The van der Waals surface area contributed by atoms with E-state index in [1.54, 1.807) is 18.2 Å². The molecule has 0 bridgehead atoms. The van der Waals surface area contributed by atoms with Gasteiger partial charge < -0.3 is 5.32 Å². The summed E-state index contributed by atoms with van der Waals surface area (Å²) in [5.41, 5.74) is -0.112. The van der Waals surface area contributed by atoms with Gasteiger partial charge in [-0.1, -0.05) is 43.7 Å².